The minimum atomic E-state index is -1.29. The van der Waals surface area contributed by atoms with Crippen LogP contribution in [0, 0.1) is 13.8 Å². The Morgan fingerprint density at radius 3 is 2.35 bits per heavy atom. The number of likely N-dealkylation sites (N-methyl/N-ethyl adjacent to an activating group) is 1. The molecule has 1 fully saturated rings. The number of amides is 2. The number of nitrogens with zero attached hydrogens (tertiary/aromatic N) is 3. The van der Waals surface area contributed by atoms with Crippen LogP contribution in [0.25, 0.3) is 0 Å². The normalized spacial score (nSPS) is 24.6. The molecule has 1 aromatic rings. The fourth-order valence-corrected chi connectivity index (χ4v) is 1.91. The summed E-state index contributed by atoms with van der Waals surface area (Å²) in [4.78, 5) is 18.2. The number of rotatable bonds is 1. The lowest BCUT2D eigenvalue weighted by atomic mass is 10.2. The third kappa shape index (κ3) is 1.85. The first-order chi connectivity index (χ1) is 7.91. The Kier molecular flexibility index (Phi) is 2.76. The van der Waals surface area contributed by atoms with E-state index in [1.54, 1.807) is 6.07 Å². The highest BCUT2D eigenvalue weighted by atomic mass is 16.4. The lowest BCUT2D eigenvalue weighted by Crippen LogP contribution is -2.37. The van der Waals surface area contributed by atoms with Gasteiger partial charge >= 0.3 is 6.03 Å². The maximum Gasteiger partial charge on any atom is 0.329 e. The number of pyridine rings is 1. The van der Waals surface area contributed by atoms with E-state index in [-0.39, 0.29) is 0 Å². The Hall–Kier alpha value is -1.66. The summed E-state index contributed by atoms with van der Waals surface area (Å²) in [6, 6.07) is 3.10. The largest absolute Gasteiger partial charge is 0.369 e. The molecule has 0 saturated carbocycles. The smallest absolute Gasteiger partial charge is 0.329 e. The molecule has 1 aliphatic rings. The summed E-state index contributed by atoms with van der Waals surface area (Å²) in [7, 11) is 1.43. The third-order valence-corrected chi connectivity index (χ3v) is 2.77. The molecule has 0 unspecified atom stereocenters. The van der Waals surface area contributed by atoms with Gasteiger partial charge in [0.15, 0.2) is 12.5 Å². The fourth-order valence-electron chi connectivity index (χ4n) is 1.91. The molecule has 6 nitrogen and oxygen atoms in total. The van der Waals surface area contributed by atoms with Crippen molar-refractivity contribution in [1.82, 2.24) is 9.88 Å². The summed E-state index contributed by atoms with van der Waals surface area (Å²) >= 11 is 0. The molecular weight excluding hydrogens is 222 g/mol. The number of hydrogen-bond donors (Lipinski definition) is 2. The lowest BCUT2D eigenvalue weighted by molar-refractivity contribution is -0.0183. The van der Waals surface area contributed by atoms with Gasteiger partial charge in [-0.1, -0.05) is 0 Å². The number of carbonyl (C=O) groups is 1. The van der Waals surface area contributed by atoms with Gasteiger partial charge in [0.1, 0.15) is 5.82 Å². The Morgan fingerprint density at radius 2 is 1.88 bits per heavy atom. The van der Waals surface area contributed by atoms with Crippen molar-refractivity contribution >= 4 is 11.8 Å². The molecule has 0 aromatic carbocycles. The van der Waals surface area contributed by atoms with Gasteiger partial charge in [-0.3, -0.25) is 4.90 Å². The summed E-state index contributed by atoms with van der Waals surface area (Å²) in [6.45, 7) is 3.69. The average Bonchev–Trinajstić information content (AvgIpc) is 2.42. The highest BCUT2D eigenvalue weighted by Gasteiger charge is 2.43. The van der Waals surface area contributed by atoms with Crippen LogP contribution in [-0.4, -0.2) is 45.6 Å². The molecule has 2 rings (SSSR count). The molecule has 17 heavy (non-hydrogen) atoms. The molecule has 0 bridgehead atoms. The zero-order valence-corrected chi connectivity index (χ0v) is 9.95. The first-order valence-electron chi connectivity index (χ1n) is 5.29. The molecule has 2 heterocycles. The van der Waals surface area contributed by atoms with E-state index >= 15 is 0 Å². The number of hydrogen-bond acceptors (Lipinski definition) is 4. The van der Waals surface area contributed by atoms with E-state index in [2.05, 4.69) is 4.98 Å². The monoisotopic (exact) mass is 237 g/mol. The van der Waals surface area contributed by atoms with Crippen LogP contribution in [0.2, 0.25) is 0 Å². The van der Waals surface area contributed by atoms with E-state index in [1.165, 1.54) is 7.05 Å². The predicted molar refractivity (Wildman–Crippen MR) is 61.4 cm³/mol. The fraction of sp³-hybridized carbons (Fsp3) is 0.455. The van der Waals surface area contributed by atoms with Gasteiger partial charge in [-0.25, -0.2) is 14.7 Å². The first-order valence-corrected chi connectivity index (χ1v) is 5.29. The summed E-state index contributed by atoms with van der Waals surface area (Å²) in [5, 5.41) is 19.4. The van der Waals surface area contributed by atoms with Crippen molar-refractivity contribution in [2.75, 3.05) is 11.9 Å². The van der Waals surface area contributed by atoms with Crippen LogP contribution in [0.1, 0.15) is 11.3 Å². The van der Waals surface area contributed by atoms with Crippen LogP contribution in [0.5, 0.6) is 0 Å². The molecule has 1 aromatic heterocycles. The van der Waals surface area contributed by atoms with Crippen molar-refractivity contribution in [3.63, 3.8) is 0 Å². The van der Waals surface area contributed by atoms with Crippen molar-refractivity contribution in [3.05, 3.63) is 23.4 Å². The average molecular weight is 237 g/mol. The molecule has 1 saturated heterocycles. The van der Waals surface area contributed by atoms with E-state index in [0.29, 0.717) is 5.82 Å². The van der Waals surface area contributed by atoms with Gasteiger partial charge in [0.05, 0.1) is 0 Å². The van der Waals surface area contributed by atoms with Crippen molar-refractivity contribution in [1.29, 1.82) is 0 Å². The molecule has 2 N–H and O–H groups in total. The highest BCUT2D eigenvalue weighted by molar-refractivity contribution is 5.93. The van der Waals surface area contributed by atoms with Crippen LogP contribution >= 0.6 is 0 Å². The number of aliphatic hydroxyl groups excluding tert-OH is 2. The minimum absolute atomic E-state index is 0.350. The van der Waals surface area contributed by atoms with Gasteiger partial charge < -0.3 is 10.2 Å². The predicted octanol–water partition coefficient (Wildman–Crippen LogP) is 0.207. The van der Waals surface area contributed by atoms with E-state index in [1.807, 2.05) is 19.9 Å². The van der Waals surface area contributed by atoms with Gasteiger partial charge in [-0.2, -0.15) is 0 Å². The van der Waals surface area contributed by atoms with Crippen molar-refractivity contribution in [2.45, 2.75) is 26.3 Å². The number of anilines is 1. The highest BCUT2D eigenvalue weighted by Crippen LogP contribution is 2.25. The van der Waals surface area contributed by atoms with Crippen LogP contribution in [0.4, 0.5) is 10.6 Å². The van der Waals surface area contributed by atoms with Crippen molar-refractivity contribution in [2.24, 2.45) is 0 Å². The van der Waals surface area contributed by atoms with Crippen molar-refractivity contribution < 1.29 is 15.0 Å². The number of aromatic nitrogens is 1. The van der Waals surface area contributed by atoms with Gasteiger partial charge in [0.2, 0.25) is 0 Å². The van der Waals surface area contributed by atoms with Crippen LogP contribution in [-0.2, 0) is 0 Å². The Morgan fingerprint density at radius 1 is 1.24 bits per heavy atom. The van der Waals surface area contributed by atoms with E-state index in [4.69, 9.17) is 0 Å². The molecule has 2 atom stereocenters. The standard InChI is InChI=1S/C11H15N3O3/c1-6-4-7(2)12-8(5-6)14-10(16)9(15)13(3)11(14)17/h4-5,9-10,15-16H,1-3H3/t9-,10+/m0/s1. The van der Waals surface area contributed by atoms with Crippen molar-refractivity contribution in [3.8, 4) is 0 Å². The Labute approximate surface area is 99.1 Å². The van der Waals surface area contributed by atoms with Gasteiger partial charge in [-0.05, 0) is 31.5 Å². The van der Waals surface area contributed by atoms with Crippen LogP contribution in [0.15, 0.2) is 12.1 Å². The van der Waals surface area contributed by atoms with Crippen LogP contribution < -0.4 is 4.90 Å². The molecule has 1 aliphatic heterocycles. The van der Waals surface area contributed by atoms with Gasteiger partial charge in [-0.15, -0.1) is 0 Å². The molecule has 0 aliphatic carbocycles. The molecule has 92 valence electrons. The number of carbonyl (C=O) groups excluding carboxylic acids is 1. The van der Waals surface area contributed by atoms with E-state index in [9.17, 15) is 15.0 Å². The maximum absolute atomic E-state index is 11.8. The zero-order chi connectivity index (χ0) is 12.7. The topological polar surface area (TPSA) is 76.9 Å². The van der Waals surface area contributed by atoms with E-state index in [0.717, 1.165) is 21.1 Å². The number of aryl methyl sites for hydroxylation is 2. The van der Waals surface area contributed by atoms with Gasteiger partial charge in [0, 0.05) is 12.7 Å². The zero-order valence-electron chi connectivity index (χ0n) is 9.95. The summed E-state index contributed by atoms with van der Waals surface area (Å²) < 4.78 is 0. The Balaban J connectivity index is 2.43. The summed E-state index contributed by atoms with van der Waals surface area (Å²) in [5.41, 5.74) is 1.69. The minimum Gasteiger partial charge on any atom is -0.369 e. The van der Waals surface area contributed by atoms with Gasteiger partial charge in [0.25, 0.3) is 0 Å². The lowest BCUT2D eigenvalue weighted by Gasteiger charge is -2.19. The number of urea groups is 1. The Bertz CT molecular complexity index is 443. The maximum atomic E-state index is 11.8. The first kappa shape index (κ1) is 11.8. The second-order valence-electron chi connectivity index (χ2n) is 4.23. The number of aliphatic hydroxyl groups is 2. The van der Waals surface area contributed by atoms with E-state index < -0.39 is 18.5 Å². The van der Waals surface area contributed by atoms with Crippen LogP contribution in [0.3, 0.4) is 0 Å². The quantitative estimate of drug-likeness (QED) is 0.732. The molecular formula is C11H15N3O3. The SMILES string of the molecule is Cc1cc(C)nc(N2C(=O)N(C)[C@@H](O)[C@H]2O)c1. The summed E-state index contributed by atoms with van der Waals surface area (Å²) in [5.74, 6) is 0.350. The second kappa shape index (κ2) is 3.97. The molecule has 2 amide bonds. The second-order valence-corrected chi connectivity index (χ2v) is 4.23. The summed E-state index contributed by atoms with van der Waals surface area (Å²) in [6.07, 6.45) is -2.52. The molecule has 0 spiro atoms. The molecule has 6 heteroatoms. The molecule has 0 radical (unpaired) electrons. The third-order valence-electron chi connectivity index (χ3n) is 2.77.